The predicted molar refractivity (Wildman–Crippen MR) is 63.0 cm³/mol. The van der Waals surface area contributed by atoms with Crippen molar-refractivity contribution in [3.05, 3.63) is 0 Å². The van der Waals surface area contributed by atoms with E-state index in [0.717, 1.165) is 0 Å². The van der Waals surface area contributed by atoms with Gasteiger partial charge in [0.1, 0.15) is 24.4 Å². The molecule has 0 aromatic heterocycles. The Kier molecular flexibility index (Phi) is 2.89. The third-order valence-corrected chi connectivity index (χ3v) is 3.61. The largest absolute Gasteiger partial charge is 0.352 e. The highest BCUT2D eigenvalue weighted by Gasteiger charge is 2.59. The molecule has 3 saturated heterocycles. The summed E-state index contributed by atoms with van der Waals surface area (Å²) < 4.78 is 28.7. The molecule has 19 heavy (non-hydrogen) atoms. The first-order valence-corrected chi connectivity index (χ1v) is 6.54. The first-order chi connectivity index (χ1) is 8.81. The molecule has 3 heterocycles. The summed E-state index contributed by atoms with van der Waals surface area (Å²) in [6.07, 6.45) is -1.85. The minimum absolute atomic E-state index is 0.238. The number of nitriles is 1. The molecule has 0 aromatic rings. The zero-order valence-electron chi connectivity index (χ0n) is 11.6. The predicted octanol–water partition coefficient (Wildman–Crippen LogP) is 0.949. The number of hydrogen-bond donors (Lipinski definition) is 0. The molecular weight excluding hydrogens is 250 g/mol. The normalized spacial score (nSPS) is 47.0. The number of hydrogen-bond acceptors (Lipinski definition) is 6. The van der Waals surface area contributed by atoms with Gasteiger partial charge in [0.05, 0.1) is 12.7 Å². The van der Waals surface area contributed by atoms with Gasteiger partial charge < -0.3 is 23.7 Å². The van der Waals surface area contributed by atoms with E-state index in [4.69, 9.17) is 28.9 Å². The van der Waals surface area contributed by atoms with Crippen LogP contribution in [0.2, 0.25) is 0 Å². The molecule has 3 aliphatic heterocycles. The van der Waals surface area contributed by atoms with Crippen molar-refractivity contribution >= 4 is 0 Å². The van der Waals surface area contributed by atoms with E-state index in [2.05, 4.69) is 6.07 Å². The molecule has 5 atom stereocenters. The smallest absolute Gasteiger partial charge is 0.173 e. The summed E-state index contributed by atoms with van der Waals surface area (Å²) in [7, 11) is 0. The lowest BCUT2D eigenvalue weighted by Crippen LogP contribution is -2.40. The zero-order chi connectivity index (χ0) is 13.8. The standard InChI is InChI=1S/C13H19NO5/c1-12(2)15-6-8(17-12)9-11-10(7(5-14)16-9)18-13(3,4)19-11/h7-11H,6H2,1-4H3/t7-,8+,9+,10+,11-/m0/s1. The fourth-order valence-electron chi connectivity index (χ4n) is 2.91. The van der Waals surface area contributed by atoms with E-state index < -0.39 is 17.7 Å². The van der Waals surface area contributed by atoms with Crippen molar-refractivity contribution in [1.29, 1.82) is 5.26 Å². The van der Waals surface area contributed by atoms with Crippen molar-refractivity contribution in [2.45, 2.75) is 69.8 Å². The van der Waals surface area contributed by atoms with Gasteiger partial charge in [0.25, 0.3) is 0 Å². The quantitative estimate of drug-likeness (QED) is 0.706. The Hall–Kier alpha value is -0.710. The van der Waals surface area contributed by atoms with Gasteiger partial charge in [-0.3, -0.25) is 0 Å². The van der Waals surface area contributed by atoms with E-state index in [-0.39, 0.29) is 24.4 Å². The highest BCUT2D eigenvalue weighted by molar-refractivity contribution is 5.08. The summed E-state index contributed by atoms with van der Waals surface area (Å²) in [5, 5.41) is 9.16. The monoisotopic (exact) mass is 269 g/mol. The maximum absolute atomic E-state index is 9.16. The summed E-state index contributed by atoms with van der Waals surface area (Å²) >= 11 is 0. The van der Waals surface area contributed by atoms with Crippen LogP contribution in [-0.4, -0.2) is 48.7 Å². The third-order valence-electron chi connectivity index (χ3n) is 3.61. The summed E-state index contributed by atoms with van der Waals surface area (Å²) in [5.41, 5.74) is 0. The lowest BCUT2D eigenvalue weighted by molar-refractivity contribution is -0.201. The van der Waals surface area contributed by atoms with Gasteiger partial charge in [0.15, 0.2) is 17.7 Å². The Balaban J connectivity index is 1.78. The Morgan fingerprint density at radius 2 is 1.63 bits per heavy atom. The van der Waals surface area contributed by atoms with Gasteiger partial charge >= 0.3 is 0 Å². The molecule has 3 aliphatic rings. The Labute approximate surface area is 112 Å². The number of ether oxygens (including phenoxy) is 5. The van der Waals surface area contributed by atoms with Crippen molar-refractivity contribution in [3.8, 4) is 6.07 Å². The lowest BCUT2D eigenvalue weighted by Gasteiger charge is -2.26. The van der Waals surface area contributed by atoms with Crippen LogP contribution in [0, 0.1) is 11.3 Å². The average molecular weight is 269 g/mol. The molecule has 0 saturated carbocycles. The average Bonchev–Trinajstić information content (AvgIpc) is 2.89. The van der Waals surface area contributed by atoms with Crippen LogP contribution in [0.25, 0.3) is 0 Å². The molecule has 6 heteroatoms. The van der Waals surface area contributed by atoms with E-state index in [1.807, 2.05) is 27.7 Å². The van der Waals surface area contributed by atoms with E-state index in [9.17, 15) is 0 Å². The summed E-state index contributed by atoms with van der Waals surface area (Å²) in [5.74, 6) is -1.31. The summed E-state index contributed by atoms with van der Waals surface area (Å²) in [6, 6.07) is 2.12. The molecule has 3 rings (SSSR count). The van der Waals surface area contributed by atoms with Crippen LogP contribution in [-0.2, 0) is 23.7 Å². The Morgan fingerprint density at radius 3 is 2.21 bits per heavy atom. The molecule has 0 amide bonds. The highest BCUT2D eigenvalue weighted by Crippen LogP contribution is 2.41. The number of fused-ring (bicyclic) bond motifs is 1. The molecule has 0 spiro atoms. The lowest BCUT2D eigenvalue weighted by atomic mass is 10.0. The van der Waals surface area contributed by atoms with Gasteiger partial charge in [-0.05, 0) is 27.7 Å². The van der Waals surface area contributed by atoms with Crippen LogP contribution in [0.1, 0.15) is 27.7 Å². The molecule has 0 N–H and O–H groups in total. The third kappa shape index (κ3) is 2.26. The van der Waals surface area contributed by atoms with Crippen molar-refractivity contribution in [2.75, 3.05) is 6.61 Å². The maximum Gasteiger partial charge on any atom is 0.173 e. The molecule has 0 radical (unpaired) electrons. The van der Waals surface area contributed by atoms with Crippen LogP contribution in [0.4, 0.5) is 0 Å². The topological polar surface area (TPSA) is 69.9 Å². The molecule has 106 valence electrons. The van der Waals surface area contributed by atoms with Crippen LogP contribution in [0.3, 0.4) is 0 Å². The van der Waals surface area contributed by atoms with E-state index in [1.165, 1.54) is 0 Å². The Bertz CT molecular complexity index is 416. The van der Waals surface area contributed by atoms with Gasteiger partial charge in [-0.15, -0.1) is 0 Å². The fourth-order valence-corrected chi connectivity index (χ4v) is 2.91. The highest BCUT2D eigenvalue weighted by atomic mass is 16.8. The van der Waals surface area contributed by atoms with E-state index >= 15 is 0 Å². The van der Waals surface area contributed by atoms with Crippen LogP contribution in [0.15, 0.2) is 0 Å². The van der Waals surface area contributed by atoms with Crippen molar-refractivity contribution in [3.63, 3.8) is 0 Å². The summed E-state index contributed by atoms with van der Waals surface area (Å²) in [4.78, 5) is 0. The van der Waals surface area contributed by atoms with Crippen LogP contribution < -0.4 is 0 Å². The van der Waals surface area contributed by atoms with Crippen molar-refractivity contribution in [1.82, 2.24) is 0 Å². The van der Waals surface area contributed by atoms with Gasteiger partial charge in [-0.25, -0.2) is 0 Å². The second kappa shape index (κ2) is 4.14. The van der Waals surface area contributed by atoms with Gasteiger partial charge in [-0.2, -0.15) is 5.26 Å². The second-order valence-electron chi connectivity index (χ2n) is 6.08. The maximum atomic E-state index is 9.16. The molecule has 0 unspecified atom stereocenters. The number of rotatable bonds is 1. The molecule has 0 aliphatic carbocycles. The fraction of sp³-hybridized carbons (Fsp3) is 0.923. The first-order valence-electron chi connectivity index (χ1n) is 6.54. The van der Waals surface area contributed by atoms with E-state index in [1.54, 1.807) is 0 Å². The van der Waals surface area contributed by atoms with Crippen LogP contribution in [0.5, 0.6) is 0 Å². The zero-order valence-corrected chi connectivity index (χ0v) is 11.6. The van der Waals surface area contributed by atoms with Crippen LogP contribution >= 0.6 is 0 Å². The molecule has 0 bridgehead atoms. The van der Waals surface area contributed by atoms with E-state index in [0.29, 0.717) is 6.61 Å². The summed E-state index contributed by atoms with van der Waals surface area (Å²) in [6.45, 7) is 7.83. The minimum atomic E-state index is -0.693. The van der Waals surface area contributed by atoms with Gasteiger partial charge in [-0.1, -0.05) is 0 Å². The molecule has 0 aromatic carbocycles. The first kappa shape index (κ1) is 13.3. The molecule has 6 nitrogen and oxygen atoms in total. The van der Waals surface area contributed by atoms with Gasteiger partial charge in [0.2, 0.25) is 0 Å². The molecular formula is C13H19NO5. The molecule has 3 fully saturated rings. The van der Waals surface area contributed by atoms with Crippen molar-refractivity contribution < 1.29 is 23.7 Å². The Morgan fingerprint density at radius 1 is 0.947 bits per heavy atom. The SMILES string of the molecule is CC1(C)O[C@@H]2[C@H](O1)[C@H](C#N)O[C@@H]2[C@H]1COC(C)(C)O1. The van der Waals surface area contributed by atoms with Gasteiger partial charge in [0, 0.05) is 0 Å². The van der Waals surface area contributed by atoms with Crippen molar-refractivity contribution in [2.24, 2.45) is 0 Å². The number of nitrogens with zero attached hydrogens (tertiary/aromatic N) is 1. The second-order valence-corrected chi connectivity index (χ2v) is 6.08. The minimum Gasteiger partial charge on any atom is -0.352 e.